The molecule has 0 saturated carbocycles. The highest BCUT2D eigenvalue weighted by atomic mass is 16.2. The lowest BCUT2D eigenvalue weighted by molar-refractivity contribution is -0.121. The minimum atomic E-state index is -0.211. The van der Waals surface area contributed by atoms with Gasteiger partial charge < -0.3 is 0 Å². The van der Waals surface area contributed by atoms with E-state index in [4.69, 9.17) is 0 Å². The molecule has 0 saturated heterocycles. The van der Waals surface area contributed by atoms with Crippen LogP contribution in [0.3, 0.4) is 0 Å². The number of carbonyl (C=O) groups is 1. The molecule has 0 radical (unpaired) electrons. The molecule has 4 aromatic rings. The van der Waals surface area contributed by atoms with Crippen molar-refractivity contribution in [2.45, 2.75) is 13.5 Å². The largest absolute Gasteiger partial charge is 0.271 e. The second kappa shape index (κ2) is 6.80. The smallest absolute Gasteiger partial charge is 0.261 e. The number of amides is 1. The zero-order valence-corrected chi connectivity index (χ0v) is 14.4. The number of benzene rings is 3. The van der Waals surface area contributed by atoms with E-state index in [0.717, 1.165) is 32.8 Å². The first-order valence-corrected chi connectivity index (χ1v) is 8.43. The van der Waals surface area contributed by atoms with E-state index in [1.54, 1.807) is 17.1 Å². The fraction of sp³-hybridized carbons (Fsp3) is 0.0952. The first kappa shape index (κ1) is 16.0. The van der Waals surface area contributed by atoms with Crippen molar-refractivity contribution in [3.05, 3.63) is 78.1 Å². The summed E-state index contributed by atoms with van der Waals surface area (Å²) in [5, 5.41) is 12.8. The average Bonchev–Trinajstić information content (AvgIpc) is 3.05. The van der Waals surface area contributed by atoms with Gasteiger partial charge in [-0.25, -0.2) is 5.43 Å². The van der Waals surface area contributed by atoms with E-state index in [2.05, 4.69) is 46.0 Å². The summed E-state index contributed by atoms with van der Waals surface area (Å²) in [6, 6.07) is 20.4. The summed E-state index contributed by atoms with van der Waals surface area (Å²) in [4.78, 5) is 12.1. The Morgan fingerprint density at radius 1 is 1.08 bits per heavy atom. The van der Waals surface area contributed by atoms with Crippen molar-refractivity contribution in [3.8, 4) is 0 Å². The van der Waals surface area contributed by atoms with Crippen LogP contribution >= 0.6 is 0 Å². The van der Waals surface area contributed by atoms with Crippen molar-refractivity contribution in [1.82, 2.24) is 15.2 Å². The van der Waals surface area contributed by atoms with Crippen LogP contribution in [0, 0.1) is 6.92 Å². The van der Waals surface area contributed by atoms with Crippen LogP contribution in [0.5, 0.6) is 0 Å². The van der Waals surface area contributed by atoms with Crippen molar-refractivity contribution in [1.29, 1.82) is 0 Å². The summed E-state index contributed by atoms with van der Waals surface area (Å²) in [7, 11) is 0. The average molecular weight is 342 g/mol. The molecule has 0 aliphatic heterocycles. The number of carbonyl (C=O) groups excluding carboxylic acids is 1. The highest BCUT2D eigenvalue weighted by molar-refractivity contribution is 6.13. The van der Waals surface area contributed by atoms with Crippen molar-refractivity contribution < 1.29 is 4.79 Å². The normalized spacial score (nSPS) is 11.4. The van der Waals surface area contributed by atoms with Gasteiger partial charge in [0.25, 0.3) is 5.91 Å². The van der Waals surface area contributed by atoms with Gasteiger partial charge in [0.05, 0.1) is 6.21 Å². The summed E-state index contributed by atoms with van der Waals surface area (Å²) in [6.45, 7) is 2.05. The van der Waals surface area contributed by atoms with Gasteiger partial charge in [0.1, 0.15) is 6.54 Å². The Bertz CT molecular complexity index is 1070. The first-order valence-electron chi connectivity index (χ1n) is 8.43. The number of hydrogen-bond acceptors (Lipinski definition) is 3. The minimum absolute atomic E-state index is 0.145. The van der Waals surface area contributed by atoms with Gasteiger partial charge in [-0.15, -0.1) is 0 Å². The Morgan fingerprint density at radius 3 is 2.35 bits per heavy atom. The lowest BCUT2D eigenvalue weighted by Crippen LogP contribution is -2.24. The molecule has 0 atom stereocenters. The van der Waals surface area contributed by atoms with E-state index in [0.29, 0.717) is 0 Å². The number of rotatable bonds is 4. The molecule has 0 fully saturated rings. The van der Waals surface area contributed by atoms with Gasteiger partial charge in [-0.2, -0.15) is 10.2 Å². The number of aryl methyl sites for hydroxylation is 1. The van der Waals surface area contributed by atoms with Crippen molar-refractivity contribution in [2.75, 3.05) is 0 Å². The summed E-state index contributed by atoms with van der Waals surface area (Å²) in [6.07, 6.45) is 3.40. The Balaban J connectivity index is 1.64. The van der Waals surface area contributed by atoms with Crippen LogP contribution < -0.4 is 5.43 Å². The number of aromatic nitrogens is 2. The van der Waals surface area contributed by atoms with Crippen LogP contribution in [-0.2, 0) is 11.3 Å². The van der Waals surface area contributed by atoms with E-state index >= 15 is 0 Å². The number of nitrogens with one attached hydrogen (secondary N) is 1. The molecule has 1 aromatic heterocycles. The van der Waals surface area contributed by atoms with Gasteiger partial charge in [0.2, 0.25) is 0 Å². The van der Waals surface area contributed by atoms with E-state index in [9.17, 15) is 4.79 Å². The molecular weight excluding hydrogens is 324 g/mol. The number of fused-ring (bicyclic) bond motifs is 2. The third-order valence-electron chi connectivity index (χ3n) is 4.42. The molecule has 26 heavy (non-hydrogen) atoms. The molecular formula is C21H18N4O. The monoisotopic (exact) mass is 342 g/mol. The van der Waals surface area contributed by atoms with E-state index in [1.165, 1.54) is 0 Å². The fourth-order valence-corrected chi connectivity index (χ4v) is 3.09. The molecule has 5 heteroatoms. The molecule has 0 aliphatic carbocycles. The number of hydrazone groups is 1. The van der Waals surface area contributed by atoms with Gasteiger partial charge in [0, 0.05) is 17.5 Å². The van der Waals surface area contributed by atoms with Gasteiger partial charge >= 0.3 is 0 Å². The van der Waals surface area contributed by atoms with Crippen LogP contribution in [0.1, 0.15) is 11.3 Å². The van der Waals surface area contributed by atoms with Crippen molar-refractivity contribution >= 4 is 33.7 Å². The number of nitrogens with zero attached hydrogens (tertiary/aromatic N) is 3. The van der Waals surface area contributed by atoms with E-state index < -0.39 is 0 Å². The molecule has 0 aliphatic rings. The van der Waals surface area contributed by atoms with Gasteiger partial charge in [-0.3, -0.25) is 9.48 Å². The Labute approximate surface area is 150 Å². The molecule has 128 valence electrons. The standard InChI is InChI=1S/C21H18N4O/c1-15-10-11-23-25(15)14-21(26)24-22-13-20-18-8-4-2-6-16(18)12-17-7-3-5-9-19(17)20/h2-13H,14H2,1H3,(H,24,26)/b22-13-. The first-order chi connectivity index (χ1) is 12.7. The number of hydrogen-bond donors (Lipinski definition) is 1. The van der Waals surface area contributed by atoms with Gasteiger partial charge in [0.15, 0.2) is 0 Å². The molecule has 1 amide bonds. The van der Waals surface area contributed by atoms with Crippen LogP contribution in [-0.4, -0.2) is 21.9 Å². The topological polar surface area (TPSA) is 59.3 Å². The zero-order valence-electron chi connectivity index (χ0n) is 14.4. The van der Waals surface area contributed by atoms with Crippen LogP contribution in [0.2, 0.25) is 0 Å². The Morgan fingerprint density at radius 2 is 1.73 bits per heavy atom. The molecule has 5 nitrogen and oxygen atoms in total. The highest BCUT2D eigenvalue weighted by Crippen LogP contribution is 2.27. The second-order valence-corrected chi connectivity index (χ2v) is 6.16. The third kappa shape index (κ3) is 3.07. The van der Waals surface area contributed by atoms with Crippen LogP contribution in [0.4, 0.5) is 0 Å². The van der Waals surface area contributed by atoms with Gasteiger partial charge in [-0.05, 0) is 40.6 Å². The van der Waals surface area contributed by atoms with Crippen LogP contribution in [0.25, 0.3) is 21.5 Å². The molecule has 3 aromatic carbocycles. The fourth-order valence-electron chi connectivity index (χ4n) is 3.09. The SMILES string of the molecule is Cc1ccnn1CC(=O)N/N=C\c1c2ccccc2cc2ccccc12. The quantitative estimate of drug-likeness (QED) is 0.350. The zero-order chi connectivity index (χ0) is 17.9. The summed E-state index contributed by atoms with van der Waals surface area (Å²) < 4.78 is 1.64. The van der Waals surface area contributed by atoms with Crippen LogP contribution in [0.15, 0.2) is 72.0 Å². The lowest BCUT2D eigenvalue weighted by Gasteiger charge is -2.08. The maximum absolute atomic E-state index is 12.1. The highest BCUT2D eigenvalue weighted by Gasteiger charge is 2.07. The predicted octanol–water partition coefficient (Wildman–Crippen LogP) is 3.65. The molecule has 1 heterocycles. The second-order valence-electron chi connectivity index (χ2n) is 6.16. The maximum atomic E-state index is 12.1. The molecule has 1 N–H and O–H groups in total. The van der Waals surface area contributed by atoms with Crippen molar-refractivity contribution in [3.63, 3.8) is 0 Å². The third-order valence-corrected chi connectivity index (χ3v) is 4.42. The molecule has 0 unspecified atom stereocenters. The molecule has 0 bridgehead atoms. The van der Waals surface area contributed by atoms with Crippen molar-refractivity contribution in [2.24, 2.45) is 5.10 Å². The Kier molecular flexibility index (Phi) is 4.19. The predicted molar refractivity (Wildman–Crippen MR) is 104 cm³/mol. The molecule has 4 rings (SSSR count). The Hall–Kier alpha value is -3.47. The maximum Gasteiger partial charge on any atom is 0.261 e. The summed E-state index contributed by atoms with van der Waals surface area (Å²) in [5.74, 6) is -0.211. The van der Waals surface area contributed by atoms with E-state index in [-0.39, 0.29) is 12.5 Å². The van der Waals surface area contributed by atoms with E-state index in [1.807, 2.05) is 37.3 Å². The lowest BCUT2D eigenvalue weighted by atomic mass is 9.97. The minimum Gasteiger partial charge on any atom is -0.271 e. The molecule has 0 spiro atoms. The van der Waals surface area contributed by atoms with Gasteiger partial charge in [-0.1, -0.05) is 48.5 Å². The summed E-state index contributed by atoms with van der Waals surface area (Å²) in [5.41, 5.74) is 4.52. The summed E-state index contributed by atoms with van der Waals surface area (Å²) >= 11 is 0.